The predicted molar refractivity (Wildman–Crippen MR) is 91.3 cm³/mol. The number of carbonyl (C=O) groups is 1. The van der Waals surface area contributed by atoms with E-state index in [1.165, 1.54) is 32.1 Å². The van der Waals surface area contributed by atoms with Crippen LogP contribution in [0.2, 0.25) is 0 Å². The summed E-state index contributed by atoms with van der Waals surface area (Å²) in [4.78, 5) is 9.92. The molecule has 2 nitrogen and oxygen atoms in total. The van der Waals surface area contributed by atoms with Gasteiger partial charge in [-0.15, -0.1) is 0 Å². The normalized spacial score (nSPS) is 11.9. The zero-order valence-electron chi connectivity index (χ0n) is 13.6. The van der Waals surface area contributed by atoms with Crippen LogP contribution in [0.15, 0.2) is 36.5 Å². The summed E-state index contributed by atoms with van der Waals surface area (Å²) in [7, 11) is 0. The van der Waals surface area contributed by atoms with Crippen molar-refractivity contribution in [1.29, 1.82) is 0 Å². The van der Waals surface area contributed by atoms with E-state index in [2.05, 4.69) is 48.1 Å². The van der Waals surface area contributed by atoms with E-state index in [9.17, 15) is 4.79 Å². The number of unbranched alkanes of at least 4 members (excludes halogenated alkanes) is 6. The van der Waals surface area contributed by atoms with Crippen molar-refractivity contribution in [3.63, 3.8) is 0 Å². The lowest BCUT2D eigenvalue weighted by Crippen LogP contribution is -1.90. The summed E-state index contributed by atoms with van der Waals surface area (Å²) in [6.45, 7) is 3.32. The van der Waals surface area contributed by atoms with Gasteiger partial charge >= 0.3 is 0 Å². The predicted octanol–water partition coefficient (Wildman–Crippen LogP) is 5.75. The molecule has 0 aliphatic heterocycles. The van der Waals surface area contributed by atoms with Gasteiger partial charge in [0.2, 0.25) is 0 Å². The highest BCUT2D eigenvalue weighted by atomic mass is 16.5. The van der Waals surface area contributed by atoms with Crippen molar-refractivity contribution in [1.82, 2.24) is 0 Å². The molecule has 0 amide bonds. The highest BCUT2D eigenvalue weighted by molar-refractivity contribution is 5.36. The van der Waals surface area contributed by atoms with Crippen molar-refractivity contribution < 1.29 is 9.53 Å². The molecular weight excluding hydrogens is 260 g/mol. The molecule has 0 heterocycles. The summed E-state index contributed by atoms with van der Waals surface area (Å²) in [5.74, 6) is 0. The number of ether oxygens (including phenoxy) is 1. The van der Waals surface area contributed by atoms with Crippen LogP contribution >= 0.6 is 0 Å². The van der Waals surface area contributed by atoms with Gasteiger partial charge < -0.3 is 4.74 Å². The van der Waals surface area contributed by atoms with Crippen LogP contribution in [-0.2, 0) is 9.53 Å². The third-order valence-electron chi connectivity index (χ3n) is 3.22. The molecule has 0 saturated carbocycles. The number of rotatable bonds is 15. The van der Waals surface area contributed by atoms with E-state index < -0.39 is 0 Å². The molecule has 0 aromatic rings. The average molecular weight is 292 g/mol. The highest BCUT2D eigenvalue weighted by Gasteiger charge is 1.87. The Labute approximate surface area is 131 Å². The van der Waals surface area contributed by atoms with Crippen LogP contribution in [-0.4, -0.2) is 13.1 Å². The summed E-state index contributed by atoms with van der Waals surface area (Å²) in [5, 5.41) is 0. The van der Waals surface area contributed by atoms with Crippen molar-refractivity contribution in [2.24, 2.45) is 0 Å². The highest BCUT2D eigenvalue weighted by Crippen LogP contribution is 2.02. The molecule has 0 aromatic carbocycles. The molecule has 0 aromatic heterocycles. The standard InChI is InChI=1S/C19H32O2/c1-2-3-4-5-6-7-8-9-10-11-12-13-14-15-16-17-18-21-19-20/h6-7,9-10,12-13,19H,2-5,8,11,14-18H2,1H3/b7-6-,10-9-,13-12-. The molecule has 2 heteroatoms. The molecule has 0 radical (unpaired) electrons. The number of allylic oxidation sites excluding steroid dienone is 6. The second kappa shape index (κ2) is 18.7. The lowest BCUT2D eigenvalue weighted by atomic mass is 10.2. The Morgan fingerprint density at radius 1 is 0.714 bits per heavy atom. The number of hydrogen-bond donors (Lipinski definition) is 0. The summed E-state index contributed by atoms with van der Waals surface area (Å²) < 4.78 is 4.64. The van der Waals surface area contributed by atoms with Crippen molar-refractivity contribution in [3.8, 4) is 0 Å². The smallest absolute Gasteiger partial charge is 0.293 e. The molecule has 0 bridgehead atoms. The Kier molecular flexibility index (Phi) is 17.5. The molecule has 0 N–H and O–H groups in total. The minimum absolute atomic E-state index is 0.520. The number of hydrogen-bond acceptors (Lipinski definition) is 2. The SMILES string of the molecule is CCCCC/C=C\C/C=C\C/C=C\CCCCCOC=O. The van der Waals surface area contributed by atoms with Gasteiger partial charge in [0.05, 0.1) is 6.61 Å². The molecule has 0 aliphatic carbocycles. The second-order valence-corrected chi connectivity index (χ2v) is 5.20. The zero-order valence-corrected chi connectivity index (χ0v) is 13.6. The lowest BCUT2D eigenvalue weighted by molar-refractivity contribution is -0.128. The van der Waals surface area contributed by atoms with Crippen LogP contribution in [0.3, 0.4) is 0 Å². The quantitative estimate of drug-likeness (QED) is 0.218. The lowest BCUT2D eigenvalue weighted by Gasteiger charge is -1.97. The van der Waals surface area contributed by atoms with Crippen LogP contribution in [0.4, 0.5) is 0 Å². The fourth-order valence-electron chi connectivity index (χ4n) is 1.96. The first-order valence-corrected chi connectivity index (χ1v) is 8.42. The fraction of sp³-hybridized carbons (Fsp3) is 0.632. The number of carbonyl (C=O) groups excluding carboxylic acids is 1. The van der Waals surface area contributed by atoms with Gasteiger partial charge in [0, 0.05) is 0 Å². The largest absolute Gasteiger partial charge is 0.468 e. The summed E-state index contributed by atoms with van der Waals surface area (Å²) in [5.41, 5.74) is 0. The molecule has 0 aliphatic rings. The summed E-state index contributed by atoms with van der Waals surface area (Å²) in [6, 6.07) is 0. The minimum Gasteiger partial charge on any atom is -0.468 e. The van der Waals surface area contributed by atoms with Gasteiger partial charge in [-0.2, -0.15) is 0 Å². The second-order valence-electron chi connectivity index (χ2n) is 5.20. The van der Waals surface area contributed by atoms with Crippen molar-refractivity contribution in [3.05, 3.63) is 36.5 Å². The molecule has 0 saturated heterocycles. The third-order valence-corrected chi connectivity index (χ3v) is 3.22. The first kappa shape index (κ1) is 19.7. The maximum absolute atomic E-state index is 9.92. The van der Waals surface area contributed by atoms with Gasteiger partial charge in [-0.1, -0.05) is 56.2 Å². The summed E-state index contributed by atoms with van der Waals surface area (Å²) in [6.07, 6.45) is 25.1. The van der Waals surface area contributed by atoms with E-state index in [1.807, 2.05) is 0 Å². The van der Waals surface area contributed by atoms with E-state index in [-0.39, 0.29) is 0 Å². The Morgan fingerprint density at radius 2 is 1.29 bits per heavy atom. The Morgan fingerprint density at radius 3 is 1.86 bits per heavy atom. The summed E-state index contributed by atoms with van der Waals surface area (Å²) >= 11 is 0. The Balaban J connectivity index is 3.26. The molecule has 21 heavy (non-hydrogen) atoms. The van der Waals surface area contributed by atoms with E-state index in [4.69, 9.17) is 0 Å². The molecule has 120 valence electrons. The fourth-order valence-corrected chi connectivity index (χ4v) is 1.96. The Bertz CT molecular complexity index is 290. The molecule has 0 unspecified atom stereocenters. The Hall–Kier alpha value is -1.31. The topological polar surface area (TPSA) is 26.3 Å². The molecule has 0 fully saturated rings. The van der Waals surface area contributed by atoms with Gasteiger partial charge in [0.25, 0.3) is 6.47 Å². The molecule has 0 spiro atoms. The van der Waals surface area contributed by atoms with E-state index >= 15 is 0 Å². The van der Waals surface area contributed by atoms with Gasteiger partial charge in [0.15, 0.2) is 0 Å². The van der Waals surface area contributed by atoms with Crippen molar-refractivity contribution in [2.45, 2.75) is 71.1 Å². The van der Waals surface area contributed by atoms with Crippen molar-refractivity contribution >= 4 is 6.47 Å². The van der Waals surface area contributed by atoms with Gasteiger partial charge in [-0.3, -0.25) is 4.79 Å². The molecule has 0 rings (SSSR count). The van der Waals surface area contributed by atoms with E-state index in [1.54, 1.807) is 0 Å². The van der Waals surface area contributed by atoms with Crippen LogP contribution < -0.4 is 0 Å². The molecule has 0 atom stereocenters. The first-order valence-electron chi connectivity index (χ1n) is 8.42. The first-order chi connectivity index (χ1) is 10.4. The third kappa shape index (κ3) is 18.7. The van der Waals surface area contributed by atoms with Crippen LogP contribution in [0.1, 0.15) is 71.1 Å². The van der Waals surface area contributed by atoms with Crippen LogP contribution in [0, 0.1) is 0 Å². The molecular formula is C19H32O2. The average Bonchev–Trinajstić information content (AvgIpc) is 2.50. The monoisotopic (exact) mass is 292 g/mol. The van der Waals surface area contributed by atoms with E-state index in [0.29, 0.717) is 13.1 Å². The van der Waals surface area contributed by atoms with Gasteiger partial charge in [0.1, 0.15) is 0 Å². The minimum atomic E-state index is 0.520. The van der Waals surface area contributed by atoms with Crippen molar-refractivity contribution in [2.75, 3.05) is 6.61 Å². The zero-order chi connectivity index (χ0) is 15.4. The van der Waals surface area contributed by atoms with Crippen LogP contribution in [0.5, 0.6) is 0 Å². The maximum atomic E-state index is 9.92. The van der Waals surface area contributed by atoms with Gasteiger partial charge in [-0.25, -0.2) is 0 Å². The van der Waals surface area contributed by atoms with Crippen LogP contribution in [0.25, 0.3) is 0 Å². The van der Waals surface area contributed by atoms with E-state index in [0.717, 1.165) is 32.1 Å². The maximum Gasteiger partial charge on any atom is 0.293 e. The van der Waals surface area contributed by atoms with Gasteiger partial charge in [-0.05, 0) is 51.4 Å².